The van der Waals surface area contributed by atoms with Crippen LogP contribution >= 0.6 is 22.7 Å². The number of aromatic amines is 1. The first-order valence-electron chi connectivity index (χ1n) is 9.40. The second-order valence-corrected chi connectivity index (χ2v) is 8.82. The van der Waals surface area contributed by atoms with Crippen molar-refractivity contribution in [3.05, 3.63) is 74.5 Å². The quantitative estimate of drug-likeness (QED) is 0.459. The Labute approximate surface area is 172 Å². The van der Waals surface area contributed by atoms with Crippen LogP contribution in [0.1, 0.15) is 36.8 Å². The Morgan fingerprint density at radius 3 is 2.57 bits per heavy atom. The van der Waals surface area contributed by atoms with Gasteiger partial charge < -0.3 is 4.98 Å². The molecule has 0 aliphatic rings. The van der Waals surface area contributed by atoms with Crippen LogP contribution in [-0.2, 0) is 13.0 Å². The third-order valence-corrected chi connectivity index (χ3v) is 6.94. The van der Waals surface area contributed by atoms with Gasteiger partial charge in [0.2, 0.25) is 0 Å². The summed E-state index contributed by atoms with van der Waals surface area (Å²) in [5, 5.41) is 4.76. The van der Waals surface area contributed by atoms with Gasteiger partial charge in [-0.05, 0) is 43.0 Å². The third-order valence-electron chi connectivity index (χ3n) is 5.17. The number of benzene rings is 1. The predicted molar refractivity (Wildman–Crippen MR) is 119 cm³/mol. The number of nitrogens with zero attached hydrogens (tertiary/aromatic N) is 2. The molecule has 4 aromatic rings. The lowest BCUT2D eigenvalue weighted by atomic mass is 10.1. The molecular weight excluding hydrogens is 386 g/mol. The van der Waals surface area contributed by atoms with Gasteiger partial charge in [0.05, 0.1) is 11.4 Å². The zero-order chi connectivity index (χ0) is 19.7. The van der Waals surface area contributed by atoms with Gasteiger partial charge in [-0.15, -0.1) is 22.7 Å². The molecule has 0 bridgehead atoms. The van der Waals surface area contributed by atoms with Crippen molar-refractivity contribution < 1.29 is 0 Å². The van der Waals surface area contributed by atoms with Crippen LogP contribution < -0.4 is 5.56 Å². The number of aryl methyl sites for hydroxylation is 1. The number of thiophene rings is 2. The van der Waals surface area contributed by atoms with Crippen molar-refractivity contribution >= 4 is 32.9 Å². The lowest BCUT2D eigenvalue weighted by Gasteiger charge is -2.24. The highest BCUT2D eigenvalue weighted by Crippen LogP contribution is 2.34. The molecule has 0 saturated carbocycles. The molecule has 0 aliphatic carbocycles. The summed E-state index contributed by atoms with van der Waals surface area (Å²) in [5.41, 5.74) is 3.52. The number of fused-ring (bicyclic) bond motifs is 1. The second kappa shape index (κ2) is 7.99. The lowest BCUT2D eigenvalue weighted by molar-refractivity contribution is 0.244. The summed E-state index contributed by atoms with van der Waals surface area (Å²) >= 11 is 3.18. The summed E-state index contributed by atoms with van der Waals surface area (Å²) in [7, 11) is 2.06. The molecule has 0 aliphatic heterocycles. The van der Waals surface area contributed by atoms with E-state index in [2.05, 4.69) is 55.0 Å². The summed E-state index contributed by atoms with van der Waals surface area (Å²) in [6.07, 6.45) is 1.05. The van der Waals surface area contributed by atoms with Crippen LogP contribution in [0.2, 0.25) is 0 Å². The van der Waals surface area contributed by atoms with Crippen molar-refractivity contribution in [2.75, 3.05) is 7.05 Å². The Balaban J connectivity index is 1.60. The van der Waals surface area contributed by atoms with Gasteiger partial charge in [-0.25, -0.2) is 4.98 Å². The maximum atomic E-state index is 12.8. The van der Waals surface area contributed by atoms with Gasteiger partial charge in [0.25, 0.3) is 5.56 Å². The van der Waals surface area contributed by atoms with Gasteiger partial charge in [0, 0.05) is 22.4 Å². The molecule has 1 N–H and O–H groups in total. The van der Waals surface area contributed by atoms with Crippen molar-refractivity contribution in [2.45, 2.75) is 32.9 Å². The molecule has 0 radical (unpaired) electrons. The van der Waals surface area contributed by atoms with Crippen LogP contribution in [0.25, 0.3) is 20.7 Å². The molecule has 6 heteroatoms. The molecule has 0 unspecified atom stereocenters. The molecule has 1 aromatic carbocycles. The molecule has 3 aromatic heterocycles. The number of rotatable bonds is 6. The highest BCUT2D eigenvalue weighted by molar-refractivity contribution is 7.18. The number of hydrogen-bond acceptors (Lipinski definition) is 5. The number of aromatic nitrogens is 2. The fourth-order valence-electron chi connectivity index (χ4n) is 3.29. The van der Waals surface area contributed by atoms with E-state index < -0.39 is 0 Å². The van der Waals surface area contributed by atoms with Crippen LogP contribution in [0.4, 0.5) is 0 Å². The average molecular weight is 410 g/mol. The van der Waals surface area contributed by atoms with Crippen LogP contribution in [0.3, 0.4) is 0 Å². The molecule has 1 atom stereocenters. The zero-order valence-corrected chi connectivity index (χ0v) is 17.9. The standard InChI is InChI=1S/C22H23N3OS2/c1-4-15-7-9-16(10-8-15)12-25(3)14(2)20-23-21(26)19-17(13-28-22(19)24-20)18-6-5-11-27-18/h5-11,13-14H,4,12H2,1-3H3,(H,23,24,26)/t14-/m1/s1. The molecule has 4 rings (SSSR count). The monoisotopic (exact) mass is 409 g/mol. The van der Waals surface area contributed by atoms with Crippen LogP contribution in [-0.4, -0.2) is 21.9 Å². The maximum Gasteiger partial charge on any atom is 0.260 e. The van der Waals surface area contributed by atoms with Crippen molar-refractivity contribution in [2.24, 2.45) is 0 Å². The molecule has 0 saturated heterocycles. The lowest BCUT2D eigenvalue weighted by Crippen LogP contribution is -2.25. The summed E-state index contributed by atoms with van der Waals surface area (Å²) in [4.78, 5) is 24.8. The van der Waals surface area contributed by atoms with Crippen molar-refractivity contribution in [1.82, 2.24) is 14.9 Å². The SMILES string of the molecule is CCc1ccc(CN(C)[C@H](C)c2nc3scc(-c4cccs4)c3c(=O)[nH]2)cc1. The van der Waals surface area contributed by atoms with E-state index in [0.717, 1.165) is 28.2 Å². The summed E-state index contributed by atoms with van der Waals surface area (Å²) < 4.78 is 0. The second-order valence-electron chi connectivity index (χ2n) is 7.02. The van der Waals surface area contributed by atoms with Crippen LogP contribution in [0, 0.1) is 0 Å². The predicted octanol–water partition coefficient (Wildman–Crippen LogP) is 5.47. The molecule has 3 heterocycles. The fraction of sp³-hybridized carbons (Fsp3) is 0.273. The minimum absolute atomic E-state index is 0.00948. The first-order valence-corrected chi connectivity index (χ1v) is 11.2. The van der Waals surface area contributed by atoms with Gasteiger partial charge in [-0.1, -0.05) is 37.3 Å². The van der Waals surface area contributed by atoms with Crippen molar-refractivity contribution in [3.63, 3.8) is 0 Å². The molecule has 0 fully saturated rings. The van der Waals surface area contributed by atoms with E-state index in [9.17, 15) is 4.79 Å². The zero-order valence-electron chi connectivity index (χ0n) is 16.2. The summed E-state index contributed by atoms with van der Waals surface area (Å²) in [6.45, 7) is 5.05. The van der Waals surface area contributed by atoms with E-state index in [1.807, 2.05) is 22.9 Å². The Kier molecular flexibility index (Phi) is 5.44. The Hall–Kier alpha value is -2.28. The molecule has 4 nitrogen and oxygen atoms in total. The minimum Gasteiger partial charge on any atom is -0.309 e. The van der Waals surface area contributed by atoms with Gasteiger partial charge in [-0.2, -0.15) is 0 Å². The number of H-pyrrole nitrogens is 1. The Morgan fingerprint density at radius 1 is 1.14 bits per heavy atom. The van der Waals surface area contributed by atoms with Crippen LogP contribution in [0.5, 0.6) is 0 Å². The van der Waals surface area contributed by atoms with Gasteiger partial charge in [0.1, 0.15) is 10.7 Å². The Morgan fingerprint density at radius 2 is 1.89 bits per heavy atom. The summed E-state index contributed by atoms with van der Waals surface area (Å²) in [6, 6.07) is 12.8. The minimum atomic E-state index is -0.0581. The van der Waals surface area contributed by atoms with E-state index >= 15 is 0 Å². The molecule has 0 amide bonds. The normalized spacial score (nSPS) is 12.7. The first-order chi connectivity index (χ1) is 13.6. The molecule has 144 valence electrons. The maximum absolute atomic E-state index is 12.8. The van der Waals surface area contributed by atoms with E-state index in [4.69, 9.17) is 4.98 Å². The van der Waals surface area contributed by atoms with Gasteiger partial charge in [0.15, 0.2) is 0 Å². The number of hydrogen-bond donors (Lipinski definition) is 1. The topological polar surface area (TPSA) is 49.0 Å². The molecular formula is C22H23N3OS2. The van der Waals surface area contributed by atoms with Crippen molar-refractivity contribution in [3.8, 4) is 10.4 Å². The first kappa shape index (κ1) is 19.1. The van der Waals surface area contributed by atoms with E-state index in [0.29, 0.717) is 11.2 Å². The van der Waals surface area contributed by atoms with Crippen LogP contribution in [0.15, 0.2) is 52.0 Å². The largest absolute Gasteiger partial charge is 0.309 e. The molecule has 0 spiro atoms. The van der Waals surface area contributed by atoms with E-state index in [1.54, 1.807) is 11.3 Å². The van der Waals surface area contributed by atoms with Gasteiger partial charge >= 0.3 is 0 Å². The van der Waals surface area contributed by atoms with E-state index in [-0.39, 0.29) is 11.6 Å². The molecule has 28 heavy (non-hydrogen) atoms. The highest BCUT2D eigenvalue weighted by Gasteiger charge is 2.19. The highest BCUT2D eigenvalue weighted by atomic mass is 32.1. The average Bonchev–Trinajstić information content (AvgIpc) is 3.37. The van der Waals surface area contributed by atoms with Gasteiger partial charge in [-0.3, -0.25) is 9.69 Å². The van der Waals surface area contributed by atoms with Crippen molar-refractivity contribution in [1.29, 1.82) is 0 Å². The smallest absolute Gasteiger partial charge is 0.260 e. The Bertz CT molecular complexity index is 1130. The number of nitrogens with one attached hydrogen (secondary N) is 1. The summed E-state index contributed by atoms with van der Waals surface area (Å²) in [5.74, 6) is 0.713. The van der Waals surface area contributed by atoms with E-state index in [1.165, 1.54) is 22.5 Å². The third kappa shape index (κ3) is 3.68. The fourth-order valence-corrected chi connectivity index (χ4v) is 5.06.